The summed E-state index contributed by atoms with van der Waals surface area (Å²) in [5.41, 5.74) is 2.13. The zero-order chi connectivity index (χ0) is 24.9. The minimum atomic E-state index is -3.97. The molecule has 1 amide bonds. The van der Waals surface area contributed by atoms with Gasteiger partial charge in [-0.3, -0.25) is 9.52 Å². The van der Waals surface area contributed by atoms with Crippen molar-refractivity contribution in [3.63, 3.8) is 0 Å². The standard InChI is InChI=1S/C22H23ClN4O6S/c1-13-14(2)18(10-9-17(13)23)33-12-20(28)24-15-5-7-16(8-6-15)34(29,30)27-19-11-21(31-3)26-22(25-19)32-4/h5-11H,12H2,1-4H3,(H,24,28)(H,25,26,27). The van der Waals surface area contributed by atoms with E-state index < -0.39 is 15.9 Å². The number of anilines is 2. The van der Waals surface area contributed by atoms with Gasteiger partial charge < -0.3 is 19.5 Å². The molecule has 180 valence electrons. The van der Waals surface area contributed by atoms with Crippen molar-refractivity contribution in [2.45, 2.75) is 18.7 Å². The first-order valence-electron chi connectivity index (χ1n) is 9.91. The summed E-state index contributed by atoms with van der Waals surface area (Å²) < 4.78 is 43.3. The summed E-state index contributed by atoms with van der Waals surface area (Å²) in [6, 6.07) is 10.3. The van der Waals surface area contributed by atoms with Crippen LogP contribution in [0.4, 0.5) is 11.5 Å². The maximum Gasteiger partial charge on any atom is 0.321 e. The molecule has 0 saturated heterocycles. The highest BCUT2D eigenvalue weighted by molar-refractivity contribution is 7.92. The Morgan fingerprint density at radius 1 is 1.00 bits per heavy atom. The van der Waals surface area contributed by atoms with Crippen LogP contribution >= 0.6 is 11.6 Å². The molecule has 0 aliphatic heterocycles. The number of benzene rings is 2. The van der Waals surface area contributed by atoms with Crippen LogP contribution < -0.4 is 24.2 Å². The van der Waals surface area contributed by atoms with Gasteiger partial charge in [0.25, 0.3) is 15.9 Å². The molecule has 0 bridgehead atoms. The van der Waals surface area contributed by atoms with E-state index in [9.17, 15) is 13.2 Å². The summed E-state index contributed by atoms with van der Waals surface area (Å²) in [6.07, 6.45) is 0. The van der Waals surface area contributed by atoms with Crippen molar-refractivity contribution in [2.75, 3.05) is 30.9 Å². The highest BCUT2D eigenvalue weighted by atomic mass is 35.5. The second-order valence-corrected chi connectivity index (χ2v) is 9.13. The predicted octanol–water partition coefficient (Wildman–Crippen LogP) is 3.58. The van der Waals surface area contributed by atoms with Crippen LogP contribution in [0.5, 0.6) is 17.6 Å². The van der Waals surface area contributed by atoms with Crippen molar-refractivity contribution >= 4 is 39.0 Å². The molecule has 0 fully saturated rings. The molecule has 3 aromatic rings. The van der Waals surface area contributed by atoms with Gasteiger partial charge in [-0.2, -0.15) is 9.97 Å². The molecule has 2 N–H and O–H groups in total. The van der Waals surface area contributed by atoms with Crippen LogP contribution in [-0.2, 0) is 14.8 Å². The number of hydrogen-bond acceptors (Lipinski definition) is 8. The molecule has 1 aromatic heterocycles. The van der Waals surface area contributed by atoms with Gasteiger partial charge in [0, 0.05) is 16.8 Å². The molecule has 0 radical (unpaired) electrons. The zero-order valence-electron chi connectivity index (χ0n) is 18.9. The lowest BCUT2D eigenvalue weighted by molar-refractivity contribution is -0.118. The average Bonchev–Trinajstić information content (AvgIpc) is 2.81. The van der Waals surface area contributed by atoms with Crippen molar-refractivity contribution in [1.82, 2.24) is 9.97 Å². The van der Waals surface area contributed by atoms with Crippen molar-refractivity contribution in [3.8, 4) is 17.6 Å². The number of aromatic nitrogens is 2. The third-order valence-corrected chi connectivity index (χ3v) is 6.57. The number of hydrogen-bond donors (Lipinski definition) is 2. The maximum atomic E-state index is 12.7. The van der Waals surface area contributed by atoms with Gasteiger partial charge in [-0.05, 0) is 61.4 Å². The molecule has 3 rings (SSSR count). The van der Waals surface area contributed by atoms with Crippen molar-refractivity contribution in [2.24, 2.45) is 0 Å². The van der Waals surface area contributed by atoms with Crippen molar-refractivity contribution in [3.05, 3.63) is 58.6 Å². The second kappa shape index (κ2) is 10.6. The number of methoxy groups -OCH3 is 2. The number of carbonyl (C=O) groups excluding carboxylic acids is 1. The van der Waals surface area contributed by atoms with E-state index in [1.54, 1.807) is 12.1 Å². The van der Waals surface area contributed by atoms with Crippen LogP contribution in [0.1, 0.15) is 11.1 Å². The van der Waals surface area contributed by atoms with Gasteiger partial charge in [0.05, 0.1) is 19.1 Å². The first kappa shape index (κ1) is 25.1. The van der Waals surface area contributed by atoms with E-state index in [-0.39, 0.29) is 29.2 Å². The first-order chi connectivity index (χ1) is 16.1. The number of carbonyl (C=O) groups is 1. The highest BCUT2D eigenvalue weighted by Crippen LogP contribution is 2.27. The largest absolute Gasteiger partial charge is 0.483 e. The first-order valence-corrected chi connectivity index (χ1v) is 11.8. The third kappa shape index (κ3) is 6.06. The molecule has 0 unspecified atom stereocenters. The Morgan fingerprint density at radius 2 is 1.71 bits per heavy atom. The maximum absolute atomic E-state index is 12.7. The molecular formula is C22H23ClN4O6S. The number of halogens is 1. The van der Waals surface area contributed by atoms with E-state index in [0.29, 0.717) is 16.5 Å². The number of amides is 1. The van der Waals surface area contributed by atoms with Crippen molar-refractivity contribution < 1.29 is 27.4 Å². The van der Waals surface area contributed by atoms with Gasteiger partial charge in [0.15, 0.2) is 12.4 Å². The van der Waals surface area contributed by atoms with Gasteiger partial charge in [-0.1, -0.05) is 11.6 Å². The SMILES string of the molecule is COc1cc(NS(=O)(=O)c2ccc(NC(=O)COc3ccc(Cl)c(C)c3C)cc2)nc(OC)n1. The molecule has 0 aliphatic carbocycles. The topological polar surface area (TPSA) is 129 Å². The Kier molecular flexibility index (Phi) is 7.79. The number of nitrogens with one attached hydrogen (secondary N) is 2. The van der Waals surface area contributed by atoms with Gasteiger partial charge in [-0.25, -0.2) is 8.42 Å². The Bertz CT molecular complexity index is 1280. The Labute approximate surface area is 202 Å². The molecular weight excluding hydrogens is 484 g/mol. The molecule has 0 saturated carbocycles. The van der Waals surface area contributed by atoms with E-state index in [1.165, 1.54) is 44.6 Å². The predicted molar refractivity (Wildman–Crippen MR) is 127 cm³/mol. The summed E-state index contributed by atoms with van der Waals surface area (Å²) in [5.74, 6) is 0.267. The van der Waals surface area contributed by atoms with Gasteiger partial charge in [0.1, 0.15) is 5.75 Å². The molecule has 10 nitrogen and oxygen atoms in total. The van der Waals surface area contributed by atoms with Gasteiger partial charge >= 0.3 is 6.01 Å². The molecule has 2 aromatic carbocycles. The van der Waals surface area contributed by atoms with Crippen LogP contribution in [0.2, 0.25) is 5.02 Å². The number of rotatable bonds is 9. The van der Waals surface area contributed by atoms with Crippen LogP contribution in [0, 0.1) is 13.8 Å². The summed E-state index contributed by atoms with van der Waals surface area (Å²) >= 11 is 6.07. The minimum Gasteiger partial charge on any atom is -0.483 e. The van der Waals surface area contributed by atoms with Crippen LogP contribution in [0.3, 0.4) is 0 Å². The Morgan fingerprint density at radius 3 is 2.35 bits per heavy atom. The zero-order valence-corrected chi connectivity index (χ0v) is 20.5. The third-order valence-electron chi connectivity index (χ3n) is 4.79. The monoisotopic (exact) mass is 506 g/mol. The lowest BCUT2D eigenvalue weighted by Crippen LogP contribution is -2.20. The molecule has 1 heterocycles. The second-order valence-electron chi connectivity index (χ2n) is 7.04. The fraction of sp³-hybridized carbons (Fsp3) is 0.227. The lowest BCUT2D eigenvalue weighted by Gasteiger charge is -2.12. The number of ether oxygens (including phenoxy) is 3. The van der Waals surface area contributed by atoms with Crippen molar-refractivity contribution in [1.29, 1.82) is 0 Å². The van der Waals surface area contributed by atoms with E-state index in [0.717, 1.165) is 11.1 Å². The highest BCUT2D eigenvalue weighted by Gasteiger charge is 2.17. The van der Waals surface area contributed by atoms with Crippen LogP contribution in [-0.4, -0.2) is 45.1 Å². The van der Waals surface area contributed by atoms with E-state index in [2.05, 4.69) is 20.0 Å². The van der Waals surface area contributed by atoms with E-state index >= 15 is 0 Å². The Hall–Kier alpha value is -3.57. The summed E-state index contributed by atoms with van der Waals surface area (Å²) in [4.78, 5) is 20.1. The molecule has 34 heavy (non-hydrogen) atoms. The summed E-state index contributed by atoms with van der Waals surface area (Å²) in [7, 11) is -1.23. The minimum absolute atomic E-state index is 0.0223. The fourth-order valence-corrected chi connectivity index (χ4v) is 4.02. The number of sulfonamides is 1. The van der Waals surface area contributed by atoms with Gasteiger partial charge in [0.2, 0.25) is 5.88 Å². The quantitative estimate of drug-likeness (QED) is 0.450. The molecule has 12 heteroatoms. The normalized spacial score (nSPS) is 11.0. The lowest BCUT2D eigenvalue weighted by atomic mass is 10.1. The summed E-state index contributed by atoms with van der Waals surface area (Å²) in [6.45, 7) is 3.50. The van der Waals surface area contributed by atoms with Crippen LogP contribution in [0.15, 0.2) is 47.4 Å². The smallest absolute Gasteiger partial charge is 0.321 e. The average molecular weight is 507 g/mol. The summed E-state index contributed by atoms with van der Waals surface area (Å²) in [5, 5.41) is 3.28. The number of nitrogens with zero attached hydrogens (tertiary/aromatic N) is 2. The van der Waals surface area contributed by atoms with E-state index in [4.69, 9.17) is 25.8 Å². The molecule has 0 atom stereocenters. The van der Waals surface area contributed by atoms with Gasteiger partial charge in [-0.15, -0.1) is 0 Å². The van der Waals surface area contributed by atoms with Crippen LogP contribution in [0.25, 0.3) is 0 Å². The Balaban J connectivity index is 1.64. The molecule has 0 spiro atoms. The molecule has 0 aliphatic rings. The fourth-order valence-electron chi connectivity index (χ4n) is 2.83. The van der Waals surface area contributed by atoms with E-state index in [1.807, 2.05) is 13.8 Å².